The molecule has 3 amide bonds. The highest BCUT2D eigenvalue weighted by molar-refractivity contribution is 5.96. The lowest BCUT2D eigenvalue weighted by Gasteiger charge is -2.24. The van der Waals surface area contributed by atoms with Crippen molar-refractivity contribution in [2.45, 2.75) is 33.4 Å². The van der Waals surface area contributed by atoms with Gasteiger partial charge in [-0.1, -0.05) is 23.8 Å². The van der Waals surface area contributed by atoms with Gasteiger partial charge in [0.2, 0.25) is 5.91 Å². The van der Waals surface area contributed by atoms with Crippen molar-refractivity contribution in [2.24, 2.45) is 5.73 Å². The molecule has 1 rings (SSSR count). The SMILES string of the molecule is Cc1ccc(CN(C)[C@@H](C)C(=O)NC(N)=O)c(C)c1. The molecule has 0 unspecified atom stereocenters. The second-order valence-electron chi connectivity index (χ2n) is 4.87. The molecule has 1 aromatic rings. The lowest BCUT2D eigenvalue weighted by Crippen LogP contribution is -2.46. The summed E-state index contributed by atoms with van der Waals surface area (Å²) < 4.78 is 0. The number of likely N-dealkylation sites (N-methyl/N-ethyl adjacent to an activating group) is 1. The largest absolute Gasteiger partial charge is 0.351 e. The van der Waals surface area contributed by atoms with Crippen LogP contribution in [0.15, 0.2) is 18.2 Å². The van der Waals surface area contributed by atoms with Crippen molar-refractivity contribution in [2.75, 3.05) is 7.05 Å². The van der Waals surface area contributed by atoms with Crippen LogP contribution in [0.3, 0.4) is 0 Å². The van der Waals surface area contributed by atoms with E-state index >= 15 is 0 Å². The molecular formula is C14H21N3O2. The Labute approximate surface area is 113 Å². The fourth-order valence-corrected chi connectivity index (χ4v) is 1.85. The minimum Gasteiger partial charge on any atom is -0.351 e. The number of amides is 3. The van der Waals surface area contributed by atoms with Crippen molar-refractivity contribution < 1.29 is 9.59 Å². The molecule has 0 saturated carbocycles. The van der Waals surface area contributed by atoms with Gasteiger partial charge in [0.25, 0.3) is 0 Å². The highest BCUT2D eigenvalue weighted by Gasteiger charge is 2.19. The molecule has 104 valence electrons. The summed E-state index contributed by atoms with van der Waals surface area (Å²) in [6, 6.07) is 4.96. The van der Waals surface area contributed by atoms with E-state index in [2.05, 4.69) is 17.4 Å². The number of nitrogens with two attached hydrogens (primary N) is 1. The molecule has 0 aliphatic heterocycles. The van der Waals surface area contributed by atoms with Crippen LogP contribution in [0, 0.1) is 13.8 Å². The fraction of sp³-hybridized carbons (Fsp3) is 0.429. The molecule has 5 nitrogen and oxygen atoms in total. The first-order valence-corrected chi connectivity index (χ1v) is 6.18. The molecule has 0 aliphatic rings. The quantitative estimate of drug-likeness (QED) is 0.860. The van der Waals surface area contributed by atoms with E-state index in [-0.39, 0.29) is 5.91 Å². The Hall–Kier alpha value is -1.88. The number of hydrogen-bond donors (Lipinski definition) is 2. The van der Waals surface area contributed by atoms with Gasteiger partial charge in [-0.25, -0.2) is 4.79 Å². The number of benzene rings is 1. The van der Waals surface area contributed by atoms with Crippen molar-refractivity contribution in [3.63, 3.8) is 0 Å². The number of urea groups is 1. The number of aryl methyl sites for hydroxylation is 2. The number of carbonyl (C=O) groups is 2. The molecule has 0 saturated heterocycles. The van der Waals surface area contributed by atoms with Crippen molar-refractivity contribution in [1.82, 2.24) is 10.2 Å². The average molecular weight is 263 g/mol. The van der Waals surface area contributed by atoms with Gasteiger partial charge < -0.3 is 5.73 Å². The van der Waals surface area contributed by atoms with Gasteiger partial charge in [-0.15, -0.1) is 0 Å². The van der Waals surface area contributed by atoms with Crippen LogP contribution in [0.2, 0.25) is 0 Å². The zero-order valence-electron chi connectivity index (χ0n) is 11.9. The van der Waals surface area contributed by atoms with Crippen LogP contribution in [0.25, 0.3) is 0 Å². The lowest BCUT2D eigenvalue weighted by molar-refractivity contribution is -0.124. The molecule has 1 atom stereocenters. The molecule has 0 radical (unpaired) electrons. The number of nitrogens with one attached hydrogen (secondary N) is 1. The lowest BCUT2D eigenvalue weighted by atomic mass is 10.0. The number of hydrogen-bond acceptors (Lipinski definition) is 3. The molecule has 0 heterocycles. The first-order chi connectivity index (χ1) is 8.81. The van der Waals surface area contributed by atoms with Gasteiger partial charge in [0.1, 0.15) is 0 Å². The van der Waals surface area contributed by atoms with Crippen LogP contribution in [0.1, 0.15) is 23.6 Å². The van der Waals surface area contributed by atoms with E-state index < -0.39 is 12.1 Å². The van der Waals surface area contributed by atoms with E-state index in [1.54, 1.807) is 6.92 Å². The molecule has 3 N–H and O–H groups in total. The maximum absolute atomic E-state index is 11.7. The van der Waals surface area contributed by atoms with Crippen molar-refractivity contribution in [1.29, 1.82) is 0 Å². The van der Waals surface area contributed by atoms with Gasteiger partial charge in [-0.05, 0) is 38.9 Å². The number of primary amides is 1. The zero-order valence-corrected chi connectivity index (χ0v) is 11.9. The third-order valence-electron chi connectivity index (χ3n) is 3.20. The van der Waals surface area contributed by atoms with Gasteiger partial charge >= 0.3 is 6.03 Å². The summed E-state index contributed by atoms with van der Waals surface area (Å²) in [6.45, 7) is 6.47. The molecular weight excluding hydrogens is 242 g/mol. The Morgan fingerprint density at radius 3 is 2.53 bits per heavy atom. The van der Waals surface area contributed by atoms with Crippen molar-refractivity contribution in [3.05, 3.63) is 34.9 Å². The molecule has 1 aromatic carbocycles. The molecule has 0 spiro atoms. The van der Waals surface area contributed by atoms with E-state index in [9.17, 15) is 9.59 Å². The summed E-state index contributed by atoms with van der Waals surface area (Å²) in [5, 5.41) is 2.09. The van der Waals surface area contributed by atoms with Gasteiger partial charge in [0.15, 0.2) is 0 Å². The number of imide groups is 1. The molecule has 0 aliphatic carbocycles. The Bertz CT molecular complexity index is 486. The average Bonchev–Trinajstić information content (AvgIpc) is 2.30. The third-order valence-corrected chi connectivity index (χ3v) is 3.20. The first-order valence-electron chi connectivity index (χ1n) is 6.18. The summed E-state index contributed by atoms with van der Waals surface area (Å²) in [4.78, 5) is 24.2. The number of rotatable bonds is 4. The van der Waals surface area contributed by atoms with E-state index in [1.165, 1.54) is 11.1 Å². The van der Waals surface area contributed by atoms with Crippen molar-refractivity contribution >= 4 is 11.9 Å². The van der Waals surface area contributed by atoms with Crippen LogP contribution in [0.5, 0.6) is 0 Å². The maximum atomic E-state index is 11.7. The van der Waals surface area contributed by atoms with E-state index in [4.69, 9.17) is 5.73 Å². The number of nitrogens with zero attached hydrogens (tertiary/aromatic N) is 1. The van der Waals surface area contributed by atoms with Crippen molar-refractivity contribution in [3.8, 4) is 0 Å². The summed E-state index contributed by atoms with van der Waals surface area (Å²) in [5.41, 5.74) is 8.50. The van der Waals surface area contributed by atoms with Gasteiger partial charge in [-0.2, -0.15) is 0 Å². The smallest absolute Gasteiger partial charge is 0.318 e. The second-order valence-corrected chi connectivity index (χ2v) is 4.87. The summed E-state index contributed by atoms with van der Waals surface area (Å²) in [5.74, 6) is -0.389. The summed E-state index contributed by atoms with van der Waals surface area (Å²) in [6.07, 6.45) is 0. The zero-order chi connectivity index (χ0) is 14.6. The van der Waals surface area contributed by atoms with E-state index in [0.29, 0.717) is 6.54 Å². The van der Waals surface area contributed by atoms with Gasteiger partial charge in [0, 0.05) is 6.54 Å². The maximum Gasteiger partial charge on any atom is 0.318 e. The molecule has 0 bridgehead atoms. The Morgan fingerprint density at radius 2 is 2.00 bits per heavy atom. The summed E-state index contributed by atoms with van der Waals surface area (Å²) >= 11 is 0. The second kappa shape index (κ2) is 6.33. The predicted molar refractivity (Wildman–Crippen MR) is 74.6 cm³/mol. The molecule has 0 aromatic heterocycles. The van der Waals surface area contributed by atoms with E-state index in [1.807, 2.05) is 31.9 Å². The predicted octanol–water partition coefficient (Wildman–Crippen LogP) is 1.32. The molecule has 19 heavy (non-hydrogen) atoms. The fourth-order valence-electron chi connectivity index (χ4n) is 1.85. The van der Waals surface area contributed by atoms with Gasteiger partial charge in [0.05, 0.1) is 6.04 Å². The third kappa shape index (κ3) is 4.37. The van der Waals surface area contributed by atoms with E-state index in [0.717, 1.165) is 5.56 Å². The number of carbonyl (C=O) groups excluding carboxylic acids is 2. The molecule has 0 fully saturated rings. The van der Waals surface area contributed by atoms with Crippen LogP contribution >= 0.6 is 0 Å². The monoisotopic (exact) mass is 263 g/mol. The Kier molecular flexibility index (Phi) is 5.06. The van der Waals surface area contributed by atoms with Crippen LogP contribution in [-0.4, -0.2) is 29.9 Å². The van der Waals surface area contributed by atoms with Crippen LogP contribution in [0.4, 0.5) is 4.79 Å². The van der Waals surface area contributed by atoms with Crippen LogP contribution in [-0.2, 0) is 11.3 Å². The molecule has 5 heteroatoms. The summed E-state index contributed by atoms with van der Waals surface area (Å²) in [7, 11) is 1.84. The topological polar surface area (TPSA) is 75.4 Å². The minimum absolute atomic E-state index is 0.389. The normalized spacial score (nSPS) is 12.3. The Morgan fingerprint density at radius 1 is 1.37 bits per heavy atom. The van der Waals surface area contributed by atoms with Crippen LogP contribution < -0.4 is 11.1 Å². The highest BCUT2D eigenvalue weighted by atomic mass is 16.2. The Balaban J connectivity index is 2.70. The minimum atomic E-state index is -0.822. The first kappa shape index (κ1) is 15.2. The highest BCUT2D eigenvalue weighted by Crippen LogP contribution is 2.13. The van der Waals surface area contributed by atoms with Gasteiger partial charge in [-0.3, -0.25) is 15.0 Å². The standard InChI is InChI=1S/C14H21N3O2/c1-9-5-6-12(10(2)7-9)8-17(4)11(3)13(18)16-14(15)19/h5-7,11H,8H2,1-4H3,(H3,15,16,18,19)/t11-/m0/s1.